The van der Waals surface area contributed by atoms with Crippen LogP contribution in [0.1, 0.15) is 33.6 Å². The largest absolute Gasteiger partial charge is 0.459 e. The van der Waals surface area contributed by atoms with Gasteiger partial charge in [-0.3, -0.25) is 4.90 Å². The minimum Gasteiger partial charge on any atom is -0.459 e. The Kier molecular flexibility index (Phi) is 1.87. The summed E-state index contributed by atoms with van der Waals surface area (Å²) in [6.07, 6.45) is 6.57. The quantitative estimate of drug-likeness (QED) is 0.383. The first-order chi connectivity index (χ1) is 7.46. The SMILES string of the molecule is CC(C)(C)OC(=O)[C@@]12[C@H]3CC=C[C@@H]1N2CC3. The van der Waals surface area contributed by atoms with E-state index in [1.807, 2.05) is 20.8 Å². The highest BCUT2D eigenvalue weighted by Crippen LogP contribution is 2.58. The molecule has 2 aliphatic heterocycles. The third-order valence-corrected chi connectivity index (χ3v) is 4.00. The van der Waals surface area contributed by atoms with Gasteiger partial charge in [0.1, 0.15) is 11.1 Å². The second-order valence-electron chi connectivity index (χ2n) is 6.11. The van der Waals surface area contributed by atoms with Crippen LogP contribution in [-0.2, 0) is 9.53 Å². The standard InChI is InChI=1S/C13H19NO2/c1-12(2,3)16-11(15)13-9-5-4-6-10(13)14(13)8-7-9/h4,6,9-10H,5,7-8H2,1-3H3/t9-,10-,13+,14?/m0/s1. The fraction of sp³-hybridized carbons (Fsp3) is 0.769. The summed E-state index contributed by atoms with van der Waals surface area (Å²) in [6, 6.07) is 0.329. The van der Waals surface area contributed by atoms with Gasteiger partial charge in [-0.15, -0.1) is 0 Å². The van der Waals surface area contributed by atoms with E-state index >= 15 is 0 Å². The number of esters is 1. The van der Waals surface area contributed by atoms with E-state index in [9.17, 15) is 4.79 Å². The highest BCUT2D eigenvalue weighted by atomic mass is 16.6. The van der Waals surface area contributed by atoms with Gasteiger partial charge < -0.3 is 4.74 Å². The van der Waals surface area contributed by atoms with Gasteiger partial charge in [0, 0.05) is 6.54 Å². The molecule has 0 aromatic heterocycles. The molecule has 0 aromatic carbocycles. The fourth-order valence-corrected chi connectivity index (χ4v) is 3.38. The van der Waals surface area contributed by atoms with Gasteiger partial charge in [-0.1, -0.05) is 12.2 Å². The van der Waals surface area contributed by atoms with Gasteiger partial charge in [-0.05, 0) is 39.5 Å². The number of hydrogen-bond acceptors (Lipinski definition) is 3. The molecule has 3 nitrogen and oxygen atoms in total. The normalized spacial score (nSPS) is 44.1. The van der Waals surface area contributed by atoms with Crippen molar-refractivity contribution in [3.8, 4) is 0 Å². The summed E-state index contributed by atoms with van der Waals surface area (Å²) >= 11 is 0. The van der Waals surface area contributed by atoms with E-state index < -0.39 is 0 Å². The van der Waals surface area contributed by atoms with Gasteiger partial charge >= 0.3 is 5.97 Å². The van der Waals surface area contributed by atoms with Crippen LogP contribution in [0.15, 0.2) is 12.2 Å². The Hall–Kier alpha value is -0.830. The average Bonchev–Trinajstić information content (AvgIpc) is 2.61. The fourth-order valence-electron chi connectivity index (χ4n) is 3.38. The van der Waals surface area contributed by atoms with E-state index in [0.717, 1.165) is 19.4 Å². The molecule has 0 N–H and O–H groups in total. The lowest BCUT2D eigenvalue weighted by Gasteiger charge is -2.27. The summed E-state index contributed by atoms with van der Waals surface area (Å²) in [6.45, 7) is 6.87. The van der Waals surface area contributed by atoms with Crippen LogP contribution in [-0.4, -0.2) is 34.6 Å². The van der Waals surface area contributed by atoms with Crippen molar-refractivity contribution in [3.63, 3.8) is 0 Å². The van der Waals surface area contributed by atoms with Crippen molar-refractivity contribution in [2.75, 3.05) is 6.54 Å². The lowest BCUT2D eigenvalue weighted by atomic mass is 9.81. The summed E-state index contributed by atoms with van der Waals surface area (Å²) in [5.74, 6) is 0.481. The van der Waals surface area contributed by atoms with Gasteiger partial charge in [0.25, 0.3) is 0 Å². The smallest absolute Gasteiger partial charge is 0.329 e. The van der Waals surface area contributed by atoms with Gasteiger partial charge in [-0.2, -0.15) is 0 Å². The van der Waals surface area contributed by atoms with Gasteiger partial charge in [0.05, 0.1) is 6.04 Å². The second-order valence-corrected chi connectivity index (χ2v) is 6.11. The molecule has 1 unspecified atom stereocenters. The van der Waals surface area contributed by atoms with E-state index in [1.165, 1.54) is 0 Å². The van der Waals surface area contributed by atoms with Crippen LogP contribution in [0.25, 0.3) is 0 Å². The third kappa shape index (κ3) is 1.15. The van der Waals surface area contributed by atoms with Crippen LogP contribution in [0, 0.1) is 5.92 Å². The molecular weight excluding hydrogens is 202 g/mol. The Balaban J connectivity index is 1.85. The molecule has 88 valence electrons. The molecule has 0 amide bonds. The number of rotatable bonds is 1. The minimum absolute atomic E-state index is 0.00292. The van der Waals surface area contributed by atoms with Crippen LogP contribution >= 0.6 is 0 Å². The zero-order valence-electron chi connectivity index (χ0n) is 10.2. The highest BCUT2D eigenvalue weighted by Gasteiger charge is 2.75. The summed E-state index contributed by atoms with van der Waals surface area (Å²) < 4.78 is 5.59. The van der Waals surface area contributed by atoms with Gasteiger partial charge in [-0.25, -0.2) is 4.79 Å². The van der Waals surface area contributed by atoms with Gasteiger partial charge in [0.2, 0.25) is 0 Å². The number of fused-ring (bicyclic) bond motifs is 1. The molecule has 16 heavy (non-hydrogen) atoms. The van der Waals surface area contributed by atoms with Crippen LogP contribution in [0.3, 0.4) is 0 Å². The first kappa shape index (κ1) is 10.3. The van der Waals surface area contributed by atoms with E-state index in [1.54, 1.807) is 0 Å². The van der Waals surface area contributed by atoms with Crippen molar-refractivity contribution in [3.05, 3.63) is 12.2 Å². The predicted molar refractivity (Wildman–Crippen MR) is 60.9 cm³/mol. The molecule has 1 aliphatic carbocycles. The first-order valence-corrected chi connectivity index (χ1v) is 6.13. The van der Waals surface area contributed by atoms with Crippen molar-refractivity contribution in [1.82, 2.24) is 4.90 Å². The van der Waals surface area contributed by atoms with Crippen LogP contribution in [0.4, 0.5) is 0 Å². The molecule has 0 radical (unpaired) electrons. The molecule has 2 saturated heterocycles. The van der Waals surface area contributed by atoms with E-state index in [-0.39, 0.29) is 17.1 Å². The van der Waals surface area contributed by atoms with Gasteiger partial charge in [0.15, 0.2) is 0 Å². The lowest BCUT2D eigenvalue weighted by molar-refractivity contribution is -0.160. The maximum absolute atomic E-state index is 12.3. The van der Waals surface area contributed by atoms with Crippen molar-refractivity contribution in [2.45, 2.75) is 50.8 Å². The number of carbonyl (C=O) groups excluding carboxylic acids is 1. The number of carbonyl (C=O) groups is 1. The van der Waals surface area contributed by atoms with Crippen molar-refractivity contribution < 1.29 is 9.53 Å². The van der Waals surface area contributed by atoms with Crippen molar-refractivity contribution >= 4 is 5.97 Å². The number of piperidine rings is 1. The van der Waals surface area contributed by atoms with E-state index in [4.69, 9.17) is 4.74 Å². The Morgan fingerprint density at radius 3 is 2.88 bits per heavy atom. The zero-order valence-corrected chi connectivity index (χ0v) is 10.2. The Morgan fingerprint density at radius 2 is 2.25 bits per heavy atom. The van der Waals surface area contributed by atoms with Crippen molar-refractivity contribution in [1.29, 1.82) is 0 Å². The molecule has 2 heterocycles. The summed E-state index contributed by atoms with van der Waals surface area (Å²) in [4.78, 5) is 14.6. The Morgan fingerprint density at radius 1 is 1.50 bits per heavy atom. The van der Waals surface area contributed by atoms with E-state index in [0.29, 0.717) is 12.0 Å². The Labute approximate surface area is 96.4 Å². The van der Waals surface area contributed by atoms with Crippen LogP contribution < -0.4 is 0 Å². The lowest BCUT2D eigenvalue weighted by Crippen LogP contribution is -2.41. The number of nitrogens with zero attached hydrogens (tertiary/aromatic N) is 1. The third-order valence-electron chi connectivity index (χ3n) is 4.00. The molecule has 0 spiro atoms. The summed E-state index contributed by atoms with van der Waals surface area (Å²) in [5, 5.41) is 0. The Bertz CT molecular complexity index is 369. The molecule has 4 atom stereocenters. The van der Waals surface area contributed by atoms with Crippen molar-refractivity contribution in [2.24, 2.45) is 5.92 Å². The van der Waals surface area contributed by atoms with Crippen LogP contribution in [0.2, 0.25) is 0 Å². The summed E-state index contributed by atoms with van der Waals surface area (Å²) in [5.41, 5.74) is -0.650. The molecule has 0 saturated carbocycles. The molecular formula is C13H19NO2. The van der Waals surface area contributed by atoms with E-state index in [2.05, 4.69) is 17.1 Å². The highest BCUT2D eigenvalue weighted by molar-refractivity contribution is 5.88. The maximum Gasteiger partial charge on any atom is 0.329 e. The number of hydrogen-bond donors (Lipinski definition) is 0. The molecule has 3 rings (SSSR count). The maximum atomic E-state index is 12.3. The summed E-state index contributed by atoms with van der Waals surface area (Å²) in [7, 11) is 0. The molecule has 3 aliphatic rings. The zero-order chi connectivity index (χ0) is 11.6. The molecule has 3 heteroatoms. The topological polar surface area (TPSA) is 29.3 Å². The predicted octanol–water partition coefficient (Wildman–Crippen LogP) is 1.73. The first-order valence-electron chi connectivity index (χ1n) is 6.13. The molecule has 0 bridgehead atoms. The number of allylic oxidation sites excluding steroid dienone is 1. The molecule has 2 fully saturated rings. The van der Waals surface area contributed by atoms with Crippen LogP contribution in [0.5, 0.6) is 0 Å². The minimum atomic E-state index is -0.374. The second kappa shape index (κ2) is 2.89. The molecule has 0 aromatic rings. The number of ether oxygens (including phenoxy) is 1. The monoisotopic (exact) mass is 221 g/mol. The average molecular weight is 221 g/mol.